The van der Waals surface area contributed by atoms with Crippen molar-refractivity contribution in [3.63, 3.8) is 0 Å². The summed E-state index contributed by atoms with van der Waals surface area (Å²) in [5.74, 6) is 0. The number of hydrogen-bond acceptors (Lipinski definition) is 2. The first kappa shape index (κ1) is 9.78. The molecule has 0 aliphatic carbocycles. The van der Waals surface area contributed by atoms with Crippen molar-refractivity contribution in [2.24, 2.45) is 9.98 Å². The van der Waals surface area contributed by atoms with E-state index in [1.807, 2.05) is 48.6 Å². The molecule has 0 radical (unpaired) electrons. The minimum atomic E-state index is 0.963. The van der Waals surface area contributed by atoms with Gasteiger partial charge < -0.3 is 4.98 Å². The lowest BCUT2D eigenvalue weighted by atomic mass is 10.3. The molecule has 2 aliphatic rings. The van der Waals surface area contributed by atoms with Crippen molar-refractivity contribution < 1.29 is 0 Å². The van der Waals surface area contributed by atoms with Gasteiger partial charge in [0.2, 0.25) is 0 Å². The molecule has 1 aromatic heterocycles. The first-order valence-electron chi connectivity index (χ1n) is 5.44. The molecule has 3 heteroatoms. The van der Waals surface area contributed by atoms with Crippen molar-refractivity contribution in [1.29, 1.82) is 0 Å². The standard InChI is InChI=1S/C14H11N3/c1-3-11(15-7-1)9-13-5-6-14(17-13)10-12-4-2-8-16-12/h1-10,17H/b11-9-,12-10+. The van der Waals surface area contributed by atoms with Gasteiger partial charge in [-0.3, -0.25) is 9.98 Å². The predicted molar refractivity (Wildman–Crippen MR) is 72.0 cm³/mol. The van der Waals surface area contributed by atoms with Gasteiger partial charge in [-0.1, -0.05) is 0 Å². The molecule has 0 spiro atoms. The van der Waals surface area contributed by atoms with Crippen molar-refractivity contribution >= 4 is 24.6 Å². The van der Waals surface area contributed by atoms with E-state index < -0.39 is 0 Å². The van der Waals surface area contributed by atoms with E-state index in [0.29, 0.717) is 0 Å². The Kier molecular flexibility index (Phi) is 2.43. The second-order valence-corrected chi connectivity index (χ2v) is 3.78. The predicted octanol–water partition coefficient (Wildman–Crippen LogP) is 2.98. The summed E-state index contributed by atoms with van der Waals surface area (Å²) in [5.41, 5.74) is 4.01. The maximum Gasteiger partial charge on any atom is 0.0650 e. The monoisotopic (exact) mass is 221 g/mol. The number of aromatic nitrogens is 1. The maximum absolute atomic E-state index is 4.20. The molecular weight excluding hydrogens is 210 g/mol. The van der Waals surface area contributed by atoms with Crippen LogP contribution in [-0.4, -0.2) is 17.4 Å². The van der Waals surface area contributed by atoms with Gasteiger partial charge in [-0.15, -0.1) is 0 Å². The molecule has 3 rings (SSSR count). The third-order valence-electron chi connectivity index (χ3n) is 2.49. The van der Waals surface area contributed by atoms with Crippen LogP contribution in [0.1, 0.15) is 11.4 Å². The fourth-order valence-electron chi connectivity index (χ4n) is 1.71. The molecule has 0 unspecified atom stereocenters. The van der Waals surface area contributed by atoms with Crippen molar-refractivity contribution in [2.45, 2.75) is 0 Å². The van der Waals surface area contributed by atoms with Crippen LogP contribution in [0.3, 0.4) is 0 Å². The van der Waals surface area contributed by atoms with Crippen molar-refractivity contribution in [3.8, 4) is 0 Å². The van der Waals surface area contributed by atoms with Gasteiger partial charge in [0, 0.05) is 23.8 Å². The first-order valence-corrected chi connectivity index (χ1v) is 5.44. The Labute approximate surface area is 99.3 Å². The number of hydrogen-bond donors (Lipinski definition) is 1. The number of nitrogens with zero attached hydrogens (tertiary/aromatic N) is 2. The molecule has 82 valence electrons. The quantitative estimate of drug-likeness (QED) is 0.797. The van der Waals surface area contributed by atoms with Gasteiger partial charge in [-0.25, -0.2) is 0 Å². The van der Waals surface area contributed by atoms with E-state index in [4.69, 9.17) is 0 Å². The summed E-state index contributed by atoms with van der Waals surface area (Å²) in [4.78, 5) is 11.7. The number of H-pyrrole nitrogens is 1. The highest BCUT2D eigenvalue weighted by Gasteiger charge is 1.99. The summed E-state index contributed by atoms with van der Waals surface area (Å²) in [6, 6.07) is 4.06. The van der Waals surface area contributed by atoms with E-state index in [1.54, 1.807) is 12.4 Å². The third-order valence-corrected chi connectivity index (χ3v) is 2.49. The van der Waals surface area contributed by atoms with Gasteiger partial charge in [-0.05, 0) is 48.6 Å². The van der Waals surface area contributed by atoms with Gasteiger partial charge in [0.05, 0.1) is 11.4 Å². The highest BCUT2D eigenvalue weighted by molar-refractivity contribution is 5.80. The summed E-state index contributed by atoms with van der Waals surface area (Å²) >= 11 is 0. The van der Waals surface area contributed by atoms with Gasteiger partial charge in [0.1, 0.15) is 0 Å². The van der Waals surface area contributed by atoms with Crippen LogP contribution >= 0.6 is 0 Å². The Morgan fingerprint density at radius 3 is 1.76 bits per heavy atom. The first-order chi connectivity index (χ1) is 8.40. The maximum atomic E-state index is 4.20. The molecule has 17 heavy (non-hydrogen) atoms. The molecule has 1 N–H and O–H groups in total. The topological polar surface area (TPSA) is 40.5 Å². The molecule has 2 aliphatic heterocycles. The lowest BCUT2D eigenvalue weighted by Gasteiger charge is -1.91. The smallest absolute Gasteiger partial charge is 0.0650 e. The zero-order valence-corrected chi connectivity index (χ0v) is 9.17. The van der Waals surface area contributed by atoms with Crippen LogP contribution in [-0.2, 0) is 0 Å². The Bertz CT molecular complexity index is 527. The van der Waals surface area contributed by atoms with Gasteiger partial charge in [0.15, 0.2) is 0 Å². The van der Waals surface area contributed by atoms with Gasteiger partial charge in [-0.2, -0.15) is 0 Å². The SMILES string of the molecule is C1=C/C(=C/c2ccc(/C=C3\C=CC=N3)[nH]2)N=C1. The molecule has 0 saturated heterocycles. The highest BCUT2D eigenvalue weighted by Crippen LogP contribution is 2.15. The summed E-state index contributed by atoms with van der Waals surface area (Å²) in [7, 11) is 0. The fourth-order valence-corrected chi connectivity index (χ4v) is 1.71. The summed E-state index contributed by atoms with van der Waals surface area (Å²) in [5, 5.41) is 0. The molecule has 0 aromatic carbocycles. The normalized spacial score (nSPS) is 21.4. The third kappa shape index (κ3) is 2.23. The molecule has 3 heterocycles. The number of aliphatic imine (C=N–C) groups is 2. The van der Waals surface area contributed by atoms with E-state index in [0.717, 1.165) is 22.8 Å². The lowest BCUT2D eigenvalue weighted by molar-refractivity contribution is 1.32. The van der Waals surface area contributed by atoms with Crippen LogP contribution < -0.4 is 0 Å². The van der Waals surface area contributed by atoms with Gasteiger partial charge in [0.25, 0.3) is 0 Å². The van der Waals surface area contributed by atoms with Crippen LogP contribution in [0.2, 0.25) is 0 Å². The Hall–Kier alpha value is -2.42. The zero-order chi connectivity index (χ0) is 11.5. The van der Waals surface area contributed by atoms with Gasteiger partial charge >= 0.3 is 0 Å². The average molecular weight is 221 g/mol. The number of allylic oxidation sites excluding steroid dienone is 4. The number of rotatable bonds is 2. The zero-order valence-electron chi connectivity index (χ0n) is 9.17. The Morgan fingerprint density at radius 1 is 0.824 bits per heavy atom. The van der Waals surface area contributed by atoms with E-state index in [-0.39, 0.29) is 0 Å². The van der Waals surface area contributed by atoms with E-state index in [2.05, 4.69) is 15.0 Å². The van der Waals surface area contributed by atoms with E-state index >= 15 is 0 Å². The Balaban J connectivity index is 1.83. The van der Waals surface area contributed by atoms with Crippen LogP contribution in [0, 0.1) is 0 Å². The minimum Gasteiger partial charge on any atom is -0.355 e. The molecule has 0 atom stereocenters. The van der Waals surface area contributed by atoms with Crippen LogP contribution in [0.5, 0.6) is 0 Å². The van der Waals surface area contributed by atoms with Crippen LogP contribution in [0.25, 0.3) is 12.2 Å². The molecule has 0 fully saturated rings. The molecule has 0 bridgehead atoms. The lowest BCUT2D eigenvalue weighted by Crippen LogP contribution is -1.76. The van der Waals surface area contributed by atoms with E-state index in [1.165, 1.54) is 0 Å². The van der Waals surface area contributed by atoms with Crippen molar-refractivity contribution in [1.82, 2.24) is 4.98 Å². The summed E-state index contributed by atoms with van der Waals surface area (Å²) in [6.45, 7) is 0. The molecular formula is C14H11N3. The summed E-state index contributed by atoms with van der Waals surface area (Å²) < 4.78 is 0. The Morgan fingerprint density at radius 2 is 1.35 bits per heavy atom. The van der Waals surface area contributed by atoms with Crippen molar-refractivity contribution in [2.75, 3.05) is 0 Å². The molecule has 0 saturated carbocycles. The number of nitrogens with one attached hydrogen (secondary N) is 1. The molecule has 1 aromatic rings. The largest absolute Gasteiger partial charge is 0.355 e. The second-order valence-electron chi connectivity index (χ2n) is 3.78. The summed E-state index contributed by atoms with van der Waals surface area (Å²) in [6.07, 6.45) is 15.4. The minimum absolute atomic E-state index is 0.963. The molecule has 0 amide bonds. The fraction of sp³-hybridized carbons (Fsp3) is 0. The average Bonchev–Trinajstić information content (AvgIpc) is 3.02. The molecule has 3 nitrogen and oxygen atoms in total. The highest BCUT2D eigenvalue weighted by atomic mass is 14.8. The second kappa shape index (κ2) is 4.22. The van der Waals surface area contributed by atoms with Crippen LogP contribution in [0.4, 0.5) is 0 Å². The van der Waals surface area contributed by atoms with E-state index in [9.17, 15) is 0 Å². The van der Waals surface area contributed by atoms with Crippen molar-refractivity contribution in [3.05, 3.63) is 59.2 Å². The van der Waals surface area contributed by atoms with Crippen LogP contribution in [0.15, 0.2) is 57.8 Å². The number of aromatic amines is 1.